The summed E-state index contributed by atoms with van der Waals surface area (Å²) in [6, 6.07) is 10.6. The fraction of sp³-hybridized carbons (Fsp3) is 0.300. The number of aromatic hydroxyl groups is 1. The summed E-state index contributed by atoms with van der Waals surface area (Å²) in [5, 5.41) is 22.0. The van der Waals surface area contributed by atoms with Crippen LogP contribution in [0.15, 0.2) is 36.4 Å². The highest BCUT2D eigenvalue weighted by Crippen LogP contribution is 2.26. The number of ether oxygens (including phenoxy) is 1. The predicted molar refractivity (Wildman–Crippen MR) is 102 cm³/mol. The van der Waals surface area contributed by atoms with Crippen molar-refractivity contribution in [2.75, 3.05) is 13.7 Å². The fourth-order valence-corrected chi connectivity index (χ4v) is 3.02. The van der Waals surface area contributed by atoms with Gasteiger partial charge in [0.2, 0.25) is 0 Å². The van der Waals surface area contributed by atoms with Gasteiger partial charge in [-0.1, -0.05) is 6.07 Å². The lowest BCUT2D eigenvalue weighted by Gasteiger charge is -2.08. The normalized spacial score (nSPS) is 10.9. The van der Waals surface area contributed by atoms with Crippen LogP contribution in [0.4, 0.5) is 0 Å². The number of carbonyl (C=O) groups excluding carboxylic acids is 1. The van der Waals surface area contributed by atoms with Gasteiger partial charge in [-0.05, 0) is 48.7 Å². The summed E-state index contributed by atoms with van der Waals surface area (Å²) in [5.74, 6) is 0.960. The third kappa shape index (κ3) is 4.03. The lowest BCUT2D eigenvalue weighted by molar-refractivity contribution is 0.0953. The number of nitrogens with one attached hydrogen (secondary N) is 1. The molecule has 0 spiro atoms. The van der Waals surface area contributed by atoms with Gasteiger partial charge in [0.25, 0.3) is 5.91 Å². The minimum absolute atomic E-state index is 0.116. The zero-order valence-electron chi connectivity index (χ0n) is 15.4. The standard InChI is InChI=1S/C20H23N3O4/c1-23-16-7-6-14(11-15(16)22-19(23)12-24)20(26)21-9-3-4-13-5-8-18(27-2)17(25)10-13/h5-8,10-11,24-25H,3-4,9,12H2,1-2H3,(H,21,26). The molecule has 1 aromatic heterocycles. The van der Waals surface area contributed by atoms with E-state index in [2.05, 4.69) is 10.3 Å². The molecule has 0 aliphatic rings. The van der Waals surface area contributed by atoms with Crippen LogP contribution in [-0.2, 0) is 20.1 Å². The number of imidazole rings is 1. The molecule has 0 atom stereocenters. The highest BCUT2D eigenvalue weighted by molar-refractivity contribution is 5.97. The third-order valence-electron chi connectivity index (χ3n) is 4.55. The van der Waals surface area contributed by atoms with Crippen LogP contribution in [0.1, 0.15) is 28.2 Å². The Balaban J connectivity index is 1.56. The van der Waals surface area contributed by atoms with Gasteiger partial charge in [-0.2, -0.15) is 0 Å². The van der Waals surface area contributed by atoms with Crippen LogP contribution < -0.4 is 10.1 Å². The maximum Gasteiger partial charge on any atom is 0.251 e. The Hall–Kier alpha value is -3.06. The van der Waals surface area contributed by atoms with Crippen molar-refractivity contribution in [3.63, 3.8) is 0 Å². The van der Waals surface area contributed by atoms with Crippen molar-refractivity contribution in [3.8, 4) is 11.5 Å². The van der Waals surface area contributed by atoms with E-state index in [1.807, 2.05) is 19.2 Å². The Kier molecular flexibility index (Phi) is 5.61. The number of phenols is 1. The van der Waals surface area contributed by atoms with Gasteiger partial charge in [0.1, 0.15) is 12.4 Å². The largest absolute Gasteiger partial charge is 0.504 e. The minimum atomic E-state index is -0.161. The molecule has 0 fully saturated rings. The molecular weight excluding hydrogens is 346 g/mol. The summed E-state index contributed by atoms with van der Waals surface area (Å²) >= 11 is 0. The van der Waals surface area contributed by atoms with Gasteiger partial charge in [0, 0.05) is 19.2 Å². The quantitative estimate of drug-likeness (QED) is 0.555. The third-order valence-corrected chi connectivity index (χ3v) is 4.55. The molecule has 27 heavy (non-hydrogen) atoms. The number of amides is 1. The Morgan fingerprint density at radius 3 is 2.78 bits per heavy atom. The zero-order valence-corrected chi connectivity index (χ0v) is 15.4. The molecule has 3 aromatic rings. The van der Waals surface area contributed by atoms with Gasteiger partial charge in [-0.15, -0.1) is 0 Å². The number of rotatable bonds is 7. The summed E-state index contributed by atoms with van der Waals surface area (Å²) in [6.07, 6.45) is 1.48. The SMILES string of the molecule is COc1ccc(CCCNC(=O)c2ccc3c(c2)nc(CO)n3C)cc1O. The lowest BCUT2D eigenvalue weighted by atomic mass is 10.1. The van der Waals surface area contributed by atoms with E-state index in [4.69, 9.17) is 4.74 Å². The van der Waals surface area contributed by atoms with E-state index < -0.39 is 0 Å². The number of fused-ring (bicyclic) bond motifs is 1. The number of phenolic OH excluding ortho intramolecular Hbond substituents is 1. The molecule has 1 amide bonds. The van der Waals surface area contributed by atoms with Crippen molar-refractivity contribution < 1.29 is 19.7 Å². The molecule has 0 saturated carbocycles. The van der Waals surface area contributed by atoms with Gasteiger partial charge in [0.05, 0.1) is 18.1 Å². The van der Waals surface area contributed by atoms with E-state index >= 15 is 0 Å². The van der Waals surface area contributed by atoms with E-state index in [0.717, 1.165) is 23.9 Å². The first-order chi connectivity index (χ1) is 13.0. The van der Waals surface area contributed by atoms with E-state index in [9.17, 15) is 15.0 Å². The number of aryl methyl sites for hydroxylation is 2. The van der Waals surface area contributed by atoms with E-state index in [1.54, 1.807) is 28.8 Å². The minimum Gasteiger partial charge on any atom is -0.504 e. The summed E-state index contributed by atoms with van der Waals surface area (Å²) in [5.41, 5.74) is 3.07. The van der Waals surface area contributed by atoms with Crippen LogP contribution in [0.5, 0.6) is 11.5 Å². The second-order valence-electron chi connectivity index (χ2n) is 6.31. The van der Waals surface area contributed by atoms with Crippen LogP contribution >= 0.6 is 0 Å². The number of nitrogens with zero attached hydrogens (tertiary/aromatic N) is 2. The maximum absolute atomic E-state index is 12.3. The average Bonchev–Trinajstić information content (AvgIpc) is 3.00. The molecule has 0 saturated heterocycles. The number of carbonyl (C=O) groups is 1. The highest BCUT2D eigenvalue weighted by atomic mass is 16.5. The number of benzene rings is 2. The molecule has 7 heteroatoms. The first-order valence-corrected chi connectivity index (χ1v) is 8.73. The van der Waals surface area contributed by atoms with Crippen LogP contribution in [0.25, 0.3) is 11.0 Å². The fourth-order valence-electron chi connectivity index (χ4n) is 3.02. The Bertz CT molecular complexity index is 965. The van der Waals surface area contributed by atoms with Gasteiger partial charge in [-0.3, -0.25) is 4.79 Å². The average molecular weight is 369 g/mol. The van der Waals surface area contributed by atoms with Gasteiger partial charge in [-0.25, -0.2) is 4.98 Å². The van der Waals surface area contributed by atoms with Crippen LogP contribution in [0, 0.1) is 0 Å². The van der Waals surface area contributed by atoms with Gasteiger partial charge in [0.15, 0.2) is 11.5 Å². The van der Waals surface area contributed by atoms with Crippen LogP contribution in [0.2, 0.25) is 0 Å². The molecule has 3 rings (SSSR count). The summed E-state index contributed by atoms with van der Waals surface area (Å²) in [7, 11) is 3.34. The van der Waals surface area contributed by atoms with Crippen molar-refractivity contribution in [3.05, 3.63) is 53.3 Å². The van der Waals surface area contributed by atoms with E-state index in [-0.39, 0.29) is 18.3 Å². The molecule has 0 bridgehead atoms. The second-order valence-corrected chi connectivity index (χ2v) is 6.31. The first-order valence-electron chi connectivity index (χ1n) is 8.73. The molecule has 0 aliphatic heterocycles. The number of hydrogen-bond acceptors (Lipinski definition) is 5. The van der Waals surface area contributed by atoms with Crippen molar-refractivity contribution in [1.29, 1.82) is 0 Å². The smallest absolute Gasteiger partial charge is 0.251 e. The van der Waals surface area contributed by atoms with Crippen molar-refractivity contribution in [1.82, 2.24) is 14.9 Å². The molecule has 0 aliphatic carbocycles. The number of hydrogen-bond donors (Lipinski definition) is 3. The molecule has 7 nitrogen and oxygen atoms in total. The van der Waals surface area contributed by atoms with Crippen LogP contribution in [0.3, 0.4) is 0 Å². The number of aromatic nitrogens is 2. The van der Waals surface area contributed by atoms with Crippen molar-refractivity contribution in [2.24, 2.45) is 7.05 Å². The number of methoxy groups -OCH3 is 1. The number of aliphatic hydroxyl groups excluding tert-OH is 1. The molecule has 3 N–H and O–H groups in total. The topological polar surface area (TPSA) is 96.6 Å². The summed E-state index contributed by atoms with van der Waals surface area (Å²) in [6.45, 7) is 0.376. The second kappa shape index (κ2) is 8.09. The summed E-state index contributed by atoms with van der Waals surface area (Å²) in [4.78, 5) is 16.7. The molecule has 1 heterocycles. The van der Waals surface area contributed by atoms with Crippen LogP contribution in [-0.4, -0.2) is 39.3 Å². The first kappa shape index (κ1) is 18.7. The van der Waals surface area contributed by atoms with E-state index in [1.165, 1.54) is 7.11 Å². The molecule has 0 unspecified atom stereocenters. The van der Waals surface area contributed by atoms with Crippen molar-refractivity contribution >= 4 is 16.9 Å². The molecule has 142 valence electrons. The monoisotopic (exact) mass is 369 g/mol. The molecule has 0 radical (unpaired) electrons. The lowest BCUT2D eigenvalue weighted by Crippen LogP contribution is -2.24. The molecular formula is C20H23N3O4. The zero-order chi connectivity index (χ0) is 19.4. The van der Waals surface area contributed by atoms with E-state index in [0.29, 0.717) is 29.2 Å². The molecule has 2 aromatic carbocycles. The Morgan fingerprint density at radius 2 is 2.07 bits per heavy atom. The van der Waals surface area contributed by atoms with Gasteiger partial charge < -0.3 is 24.8 Å². The van der Waals surface area contributed by atoms with Crippen molar-refractivity contribution in [2.45, 2.75) is 19.4 Å². The summed E-state index contributed by atoms with van der Waals surface area (Å²) < 4.78 is 6.83. The Labute approximate surface area is 157 Å². The van der Waals surface area contributed by atoms with Gasteiger partial charge >= 0.3 is 0 Å². The number of aliphatic hydroxyl groups is 1. The maximum atomic E-state index is 12.3. The Morgan fingerprint density at radius 1 is 1.26 bits per heavy atom. The predicted octanol–water partition coefficient (Wildman–Crippen LogP) is 2.14. The highest BCUT2D eigenvalue weighted by Gasteiger charge is 2.11.